The largest absolute Gasteiger partial charge is 0.334 e. The second-order valence-electron chi connectivity index (χ2n) is 6.20. The number of aryl methyl sites for hydroxylation is 3. The van der Waals surface area contributed by atoms with Crippen LogP contribution in [0.3, 0.4) is 0 Å². The summed E-state index contributed by atoms with van der Waals surface area (Å²) in [5, 5.41) is 5.66. The summed E-state index contributed by atoms with van der Waals surface area (Å²) in [7, 11) is 1.59. The van der Waals surface area contributed by atoms with Gasteiger partial charge in [0.2, 0.25) is 5.91 Å². The number of benzene rings is 1. The maximum atomic E-state index is 12.2. The van der Waals surface area contributed by atoms with Crippen molar-refractivity contribution in [2.75, 3.05) is 18.9 Å². The predicted molar refractivity (Wildman–Crippen MR) is 98.4 cm³/mol. The fourth-order valence-electron chi connectivity index (χ4n) is 2.66. The van der Waals surface area contributed by atoms with Gasteiger partial charge in [-0.25, -0.2) is 4.79 Å². The highest BCUT2D eigenvalue weighted by atomic mass is 16.2. The van der Waals surface area contributed by atoms with Gasteiger partial charge in [-0.2, -0.15) is 0 Å². The molecule has 0 aliphatic rings. The Kier molecular flexibility index (Phi) is 6.11. The molecule has 0 unspecified atom stereocenters. The molecule has 6 nitrogen and oxygen atoms in total. The standard InChI is InChI=1S/C19H24N4O2/c1-13-8-14(2)18(15(3)9-13)22-17(24)12-23(4)19(25)21-11-16-6-5-7-20-10-16/h5-10H,11-12H2,1-4H3,(H,21,25)(H,22,24). The average molecular weight is 340 g/mol. The second kappa shape index (κ2) is 8.28. The third-order valence-corrected chi connectivity index (χ3v) is 3.84. The van der Waals surface area contributed by atoms with E-state index in [0.29, 0.717) is 6.54 Å². The highest BCUT2D eigenvalue weighted by Gasteiger charge is 2.14. The summed E-state index contributed by atoms with van der Waals surface area (Å²) >= 11 is 0. The third-order valence-electron chi connectivity index (χ3n) is 3.84. The van der Waals surface area contributed by atoms with Gasteiger partial charge in [0.05, 0.1) is 0 Å². The van der Waals surface area contributed by atoms with E-state index in [2.05, 4.69) is 15.6 Å². The Bertz CT molecular complexity index is 736. The summed E-state index contributed by atoms with van der Waals surface area (Å²) in [6.07, 6.45) is 3.37. The quantitative estimate of drug-likeness (QED) is 0.879. The molecule has 0 spiro atoms. The van der Waals surface area contributed by atoms with Gasteiger partial charge in [0.15, 0.2) is 0 Å². The van der Waals surface area contributed by atoms with Crippen LogP contribution in [0, 0.1) is 20.8 Å². The van der Waals surface area contributed by atoms with Crippen LogP contribution in [-0.4, -0.2) is 35.4 Å². The lowest BCUT2D eigenvalue weighted by Crippen LogP contribution is -2.41. The highest BCUT2D eigenvalue weighted by Crippen LogP contribution is 2.21. The SMILES string of the molecule is Cc1cc(C)c(NC(=O)CN(C)C(=O)NCc2cccnc2)c(C)c1. The van der Waals surface area contributed by atoms with E-state index in [4.69, 9.17) is 0 Å². The molecular weight excluding hydrogens is 316 g/mol. The van der Waals surface area contributed by atoms with Crippen LogP contribution in [0.1, 0.15) is 22.3 Å². The number of carbonyl (C=O) groups excluding carboxylic acids is 2. The number of nitrogens with one attached hydrogen (secondary N) is 2. The van der Waals surface area contributed by atoms with E-state index in [-0.39, 0.29) is 18.5 Å². The van der Waals surface area contributed by atoms with Gasteiger partial charge in [0.1, 0.15) is 6.54 Å². The fraction of sp³-hybridized carbons (Fsp3) is 0.316. The monoisotopic (exact) mass is 340 g/mol. The lowest BCUT2D eigenvalue weighted by Gasteiger charge is -2.19. The van der Waals surface area contributed by atoms with Gasteiger partial charge >= 0.3 is 6.03 Å². The van der Waals surface area contributed by atoms with Crippen molar-refractivity contribution >= 4 is 17.6 Å². The summed E-state index contributed by atoms with van der Waals surface area (Å²) in [5.74, 6) is -0.228. The fourth-order valence-corrected chi connectivity index (χ4v) is 2.66. The molecule has 1 aromatic carbocycles. The number of rotatable bonds is 5. The Morgan fingerprint density at radius 3 is 2.44 bits per heavy atom. The average Bonchev–Trinajstić information content (AvgIpc) is 2.56. The molecule has 1 heterocycles. The molecule has 0 saturated carbocycles. The molecule has 1 aromatic heterocycles. The van der Waals surface area contributed by atoms with Gasteiger partial charge in [-0.15, -0.1) is 0 Å². The number of pyridine rings is 1. The van der Waals surface area contributed by atoms with Crippen LogP contribution in [0.2, 0.25) is 0 Å². The topological polar surface area (TPSA) is 74.3 Å². The molecule has 0 aliphatic heterocycles. The smallest absolute Gasteiger partial charge is 0.317 e. The van der Waals surface area contributed by atoms with Crippen molar-refractivity contribution in [1.29, 1.82) is 0 Å². The van der Waals surface area contributed by atoms with E-state index >= 15 is 0 Å². The van der Waals surface area contributed by atoms with Crippen molar-refractivity contribution in [3.8, 4) is 0 Å². The van der Waals surface area contributed by atoms with Gasteiger partial charge in [0, 0.05) is 31.7 Å². The first-order valence-corrected chi connectivity index (χ1v) is 8.12. The molecule has 0 fully saturated rings. The first kappa shape index (κ1) is 18.4. The summed E-state index contributed by atoms with van der Waals surface area (Å²) in [6, 6.07) is 7.42. The van der Waals surface area contributed by atoms with Gasteiger partial charge in [-0.1, -0.05) is 23.8 Å². The van der Waals surface area contributed by atoms with E-state index in [1.807, 2.05) is 45.0 Å². The van der Waals surface area contributed by atoms with Crippen molar-refractivity contribution in [1.82, 2.24) is 15.2 Å². The normalized spacial score (nSPS) is 10.2. The van der Waals surface area contributed by atoms with Crippen molar-refractivity contribution in [2.45, 2.75) is 27.3 Å². The first-order chi connectivity index (χ1) is 11.9. The van der Waals surface area contributed by atoms with Crippen molar-refractivity contribution < 1.29 is 9.59 Å². The Hall–Kier alpha value is -2.89. The predicted octanol–water partition coefficient (Wildman–Crippen LogP) is 2.79. The minimum atomic E-state index is -0.309. The molecule has 0 aliphatic carbocycles. The van der Waals surface area contributed by atoms with Crippen LogP contribution in [0.5, 0.6) is 0 Å². The summed E-state index contributed by atoms with van der Waals surface area (Å²) < 4.78 is 0. The lowest BCUT2D eigenvalue weighted by atomic mass is 10.1. The molecule has 2 rings (SSSR count). The zero-order valence-corrected chi connectivity index (χ0v) is 15.1. The zero-order chi connectivity index (χ0) is 18.4. The molecule has 2 N–H and O–H groups in total. The van der Waals surface area contributed by atoms with Crippen molar-refractivity contribution in [2.24, 2.45) is 0 Å². The molecule has 0 bridgehead atoms. The minimum Gasteiger partial charge on any atom is -0.334 e. The molecule has 132 valence electrons. The summed E-state index contributed by atoms with van der Waals surface area (Å²) in [5.41, 5.74) is 4.88. The van der Waals surface area contributed by atoms with E-state index in [0.717, 1.165) is 27.9 Å². The number of hydrogen-bond donors (Lipinski definition) is 2. The van der Waals surface area contributed by atoms with Gasteiger partial charge < -0.3 is 15.5 Å². The number of nitrogens with zero attached hydrogens (tertiary/aromatic N) is 2. The number of likely N-dealkylation sites (N-methyl/N-ethyl adjacent to an activating group) is 1. The number of anilines is 1. The van der Waals surface area contributed by atoms with Crippen molar-refractivity contribution in [3.05, 3.63) is 58.9 Å². The van der Waals surface area contributed by atoms with Gasteiger partial charge in [0.25, 0.3) is 0 Å². The molecule has 6 heteroatoms. The number of urea groups is 1. The van der Waals surface area contributed by atoms with Crippen LogP contribution in [0.25, 0.3) is 0 Å². The third kappa shape index (κ3) is 5.31. The van der Waals surface area contributed by atoms with E-state index < -0.39 is 0 Å². The Labute approximate surface area is 148 Å². The molecule has 25 heavy (non-hydrogen) atoms. The Balaban J connectivity index is 1.88. The van der Waals surface area contributed by atoms with E-state index in [1.54, 1.807) is 19.4 Å². The van der Waals surface area contributed by atoms with Crippen LogP contribution in [0.15, 0.2) is 36.7 Å². The first-order valence-electron chi connectivity index (χ1n) is 8.12. The van der Waals surface area contributed by atoms with E-state index in [1.165, 1.54) is 4.90 Å². The van der Waals surface area contributed by atoms with Crippen LogP contribution in [0.4, 0.5) is 10.5 Å². The van der Waals surface area contributed by atoms with Crippen LogP contribution < -0.4 is 10.6 Å². The number of carbonyl (C=O) groups is 2. The van der Waals surface area contributed by atoms with Crippen LogP contribution in [-0.2, 0) is 11.3 Å². The highest BCUT2D eigenvalue weighted by molar-refractivity contribution is 5.95. The van der Waals surface area contributed by atoms with Gasteiger partial charge in [-0.3, -0.25) is 9.78 Å². The lowest BCUT2D eigenvalue weighted by molar-refractivity contribution is -0.116. The van der Waals surface area contributed by atoms with Crippen molar-refractivity contribution in [3.63, 3.8) is 0 Å². The number of amides is 3. The minimum absolute atomic E-state index is 0.0222. The number of aromatic nitrogens is 1. The van der Waals surface area contributed by atoms with Gasteiger partial charge in [-0.05, 0) is 43.5 Å². The Morgan fingerprint density at radius 1 is 1.16 bits per heavy atom. The maximum absolute atomic E-state index is 12.2. The maximum Gasteiger partial charge on any atom is 0.317 e. The van der Waals surface area contributed by atoms with Crippen LogP contribution >= 0.6 is 0 Å². The Morgan fingerprint density at radius 2 is 1.84 bits per heavy atom. The molecule has 2 aromatic rings. The second-order valence-corrected chi connectivity index (χ2v) is 6.20. The van der Waals surface area contributed by atoms with E-state index in [9.17, 15) is 9.59 Å². The molecule has 0 radical (unpaired) electrons. The zero-order valence-electron chi connectivity index (χ0n) is 15.1. The summed E-state index contributed by atoms with van der Waals surface area (Å²) in [6.45, 7) is 6.28. The molecule has 0 saturated heterocycles. The molecule has 0 atom stereocenters. The summed E-state index contributed by atoms with van der Waals surface area (Å²) in [4.78, 5) is 29.7. The molecule has 3 amide bonds. The molecular formula is C19H24N4O2. The number of hydrogen-bond acceptors (Lipinski definition) is 3.